The van der Waals surface area contributed by atoms with Crippen molar-refractivity contribution in [1.82, 2.24) is 20.0 Å². The van der Waals surface area contributed by atoms with Crippen LogP contribution in [0.1, 0.15) is 27.9 Å². The topological polar surface area (TPSA) is 85.2 Å². The standard InChI is InChI=1S/C26H27N5O2/c1-33-21-8-10-22-20(17-21)7-9-23-24(28-29-25(22)23)18-3-5-19(6-4-18)26(32)31-15-13-30(14-16-31)12-2-11-27/h3-6,8,10,17H,2,7,9,12-16H2,1H3,(H,28,29). The molecule has 0 saturated carbocycles. The minimum atomic E-state index is 0.0633. The van der Waals surface area contributed by atoms with Crippen LogP contribution in [0.4, 0.5) is 0 Å². The molecule has 1 saturated heterocycles. The maximum absolute atomic E-state index is 13.0. The van der Waals surface area contributed by atoms with Crippen LogP contribution in [-0.2, 0) is 12.8 Å². The average Bonchev–Trinajstić information content (AvgIpc) is 3.31. The number of hydrogen-bond acceptors (Lipinski definition) is 5. The van der Waals surface area contributed by atoms with Crippen molar-refractivity contribution in [3.05, 3.63) is 59.2 Å². The second kappa shape index (κ2) is 9.08. The van der Waals surface area contributed by atoms with E-state index in [0.29, 0.717) is 25.1 Å². The second-order valence-electron chi connectivity index (χ2n) is 8.57. The van der Waals surface area contributed by atoms with Crippen molar-refractivity contribution < 1.29 is 9.53 Å². The maximum Gasteiger partial charge on any atom is 0.253 e. The van der Waals surface area contributed by atoms with Crippen LogP contribution in [0.3, 0.4) is 0 Å². The number of hydrogen-bond donors (Lipinski definition) is 1. The molecule has 5 rings (SSSR count). The number of fused-ring (bicyclic) bond motifs is 3. The highest BCUT2D eigenvalue weighted by molar-refractivity contribution is 5.95. The molecule has 1 amide bonds. The van der Waals surface area contributed by atoms with E-state index in [1.165, 1.54) is 16.7 Å². The Morgan fingerprint density at radius 3 is 2.64 bits per heavy atom. The lowest BCUT2D eigenvalue weighted by atomic mass is 9.87. The molecule has 168 valence electrons. The zero-order valence-corrected chi connectivity index (χ0v) is 18.8. The van der Waals surface area contributed by atoms with Gasteiger partial charge in [-0.25, -0.2) is 0 Å². The zero-order valence-electron chi connectivity index (χ0n) is 18.8. The highest BCUT2D eigenvalue weighted by Crippen LogP contribution is 2.38. The summed E-state index contributed by atoms with van der Waals surface area (Å²) in [4.78, 5) is 17.1. The number of nitrogens with zero attached hydrogens (tertiary/aromatic N) is 4. The fraction of sp³-hybridized carbons (Fsp3) is 0.346. The smallest absolute Gasteiger partial charge is 0.253 e. The van der Waals surface area contributed by atoms with Crippen LogP contribution in [0.5, 0.6) is 5.75 Å². The van der Waals surface area contributed by atoms with E-state index >= 15 is 0 Å². The maximum atomic E-state index is 13.0. The molecule has 0 radical (unpaired) electrons. The number of benzene rings is 2. The Labute approximate surface area is 193 Å². The van der Waals surface area contributed by atoms with E-state index in [1.54, 1.807) is 7.11 Å². The Bertz CT molecular complexity index is 1200. The number of amides is 1. The molecule has 1 aliphatic carbocycles. The van der Waals surface area contributed by atoms with Gasteiger partial charge in [0.1, 0.15) is 5.75 Å². The second-order valence-corrected chi connectivity index (χ2v) is 8.57. The lowest BCUT2D eigenvalue weighted by Gasteiger charge is -2.34. The molecule has 2 aromatic carbocycles. The number of piperazine rings is 1. The summed E-state index contributed by atoms with van der Waals surface area (Å²) in [5, 5.41) is 16.6. The van der Waals surface area contributed by atoms with Gasteiger partial charge in [-0.05, 0) is 48.7 Å². The van der Waals surface area contributed by atoms with Crippen LogP contribution in [-0.4, -0.2) is 65.7 Å². The van der Waals surface area contributed by atoms with Gasteiger partial charge in [-0.15, -0.1) is 0 Å². The van der Waals surface area contributed by atoms with Crippen molar-refractivity contribution >= 4 is 5.91 Å². The van der Waals surface area contributed by atoms with Crippen LogP contribution in [0, 0.1) is 11.3 Å². The van der Waals surface area contributed by atoms with Gasteiger partial charge in [0.2, 0.25) is 0 Å². The van der Waals surface area contributed by atoms with Crippen LogP contribution in [0.15, 0.2) is 42.5 Å². The van der Waals surface area contributed by atoms with Gasteiger partial charge in [-0.2, -0.15) is 10.4 Å². The largest absolute Gasteiger partial charge is 0.497 e. The summed E-state index contributed by atoms with van der Waals surface area (Å²) in [6, 6.07) is 16.2. The molecule has 2 aliphatic rings. The van der Waals surface area contributed by atoms with Crippen molar-refractivity contribution in [3.8, 4) is 34.3 Å². The van der Waals surface area contributed by atoms with E-state index < -0.39 is 0 Å². The van der Waals surface area contributed by atoms with Gasteiger partial charge in [0.15, 0.2) is 0 Å². The first-order valence-electron chi connectivity index (χ1n) is 11.4. The van der Waals surface area contributed by atoms with E-state index in [4.69, 9.17) is 10.00 Å². The van der Waals surface area contributed by atoms with E-state index in [-0.39, 0.29) is 5.91 Å². The summed E-state index contributed by atoms with van der Waals surface area (Å²) in [5.41, 5.74) is 7.41. The van der Waals surface area contributed by atoms with Crippen LogP contribution < -0.4 is 4.74 Å². The van der Waals surface area contributed by atoms with Crippen LogP contribution in [0.2, 0.25) is 0 Å². The predicted octanol–water partition coefficient (Wildman–Crippen LogP) is 3.52. The lowest BCUT2D eigenvalue weighted by Crippen LogP contribution is -2.48. The van der Waals surface area contributed by atoms with E-state index in [1.807, 2.05) is 35.2 Å². The minimum Gasteiger partial charge on any atom is -0.497 e. The Balaban J connectivity index is 1.31. The van der Waals surface area contributed by atoms with Gasteiger partial charge in [0.25, 0.3) is 5.91 Å². The Kier molecular flexibility index (Phi) is 5.84. The number of rotatable bonds is 5. The molecule has 7 heteroatoms. The Hall–Kier alpha value is -3.63. The average molecular weight is 442 g/mol. The molecule has 1 N–H and O–H groups in total. The highest BCUT2D eigenvalue weighted by atomic mass is 16.5. The first-order chi connectivity index (χ1) is 16.2. The zero-order chi connectivity index (χ0) is 22.8. The van der Waals surface area contributed by atoms with Crippen molar-refractivity contribution in [2.45, 2.75) is 19.3 Å². The van der Waals surface area contributed by atoms with Gasteiger partial charge in [-0.3, -0.25) is 14.8 Å². The molecule has 0 spiro atoms. The molecule has 33 heavy (non-hydrogen) atoms. The minimum absolute atomic E-state index is 0.0633. The number of nitriles is 1. The fourth-order valence-corrected chi connectivity index (χ4v) is 4.81. The summed E-state index contributed by atoms with van der Waals surface area (Å²) in [7, 11) is 1.69. The number of methoxy groups -OCH3 is 1. The third kappa shape index (κ3) is 4.10. The molecule has 0 unspecified atom stereocenters. The van der Waals surface area contributed by atoms with Crippen molar-refractivity contribution in [2.75, 3.05) is 39.8 Å². The number of H-pyrrole nitrogens is 1. The number of ether oxygens (including phenoxy) is 1. The molecule has 1 fully saturated rings. The third-order valence-electron chi connectivity index (χ3n) is 6.70. The third-order valence-corrected chi connectivity index (χ3v) is 6.70. The number of carbonyl (C=O) groups is 1. The highest BCUT2D eigenvalue weighted by Gasteiger charge is 2.24. The molecule has 0 atom stereocenters. The van der Waals surface area contributed by atoms with E-state index in [2.05, 4.69) is 33.3 Å². The van der Waals surface area contributed by atoms with Gasteiger partial charge < -0.3 is 9.64 Å². The molecule has 3 aromatic rings. The van der Waals surface area contributed by atoms with Crippen LogP contribution in [0.25, 0.3) is 22.5 Å². The molecule has 2 heterocycles. The summed E-state index contributed by atoms with van der Waals surface area (Å²) in [5.74, 6) is 0.939. The summed E-state index contributed by atoms with van der Waals surface area (Å²) < 4.78 is 5.37. The number of aromatic nitrogens is 2. The van der Waals surface area contributed by atoms with Gasteiger partial charge in [0, 0.05) is 61.4 Å². The fourth-order valence-electron chi connectivity index (χ4n) is 4.81. The molecule has 1 aromatic heterocycles. The summed E-state index contributed by atoms with van der Waals surface area (Å²) in [6.45, 7) is 3.81. The monoisotopic (exact) mass is 441 g/mol. The Morgan fingerprint density at radius 2 is 1.91 bits per heavy atom. The molecule has 0 bridgehead atoms. The predicted molar refractivity (Wildman–Crippen MR) is 126 cm³/mol. The SMILES string of the molecule is COc1ccc2c(c1)CCc1c(-c3ccc(C(=O)N4CCN(CCC#N)CC4)cc3)n[nH]c1-2. The number of nitrogens with one attached hydrogen (secondary N) is 1. The van der Waals surface area contributed by atoms with E-state index in [9.17, 15) is 4.79 Å². The first kappa shape index (κ1) is 21.2. The van der Waals surface area contributed by atoms with Gasteiger partial charge in [0.05, 0.1) is 24.6 Å². The van der Waals surface area contributed by atoms with Crippen molar-refractivity contribution in [3.63, 3.8) is 0 Å². The first-order valence-corrected chi connectivity index (χ1v) is 11.4. The number of carbonyl (C=O) groups excluding carboxylic acids is 1. The molecule has 1 aliphatic heterocycles. The van der Waals surface area contributed by atoms with Gasteiger partial charge >= 0.3 is 0 Å². The summed E-state index contributed by atoms with van der Waals surface area (Å²) in [6.07, 6.45) is 2.40. The molecular formula is C26H27N5O2. The van der Waals surface area contributed by atoms with Crippen LogP contribution >= 0.6 is 0 Å². The van der Waals surface area contributed by atoms with Crippen molar-refractivity contribution in [2.24, 2.45) is 0 Å². The molecular weight excluding hydrogens is 414 g/mol. The normalized spacial score (nSPS) is 15.5. The summed E-state index contributed by atoms with van der Waals surface area (Å²) >= 11 is 0. The van der Waals surface area contributed by atoms with E-state index in [0.717, 1.165) is 55.2 Å². The van der Waals surface area contributed by atoms with Crippen molar-refractivity contribution in [1.29, 1.82) is 5.26 Å². The molecule has 7 nitrogen and oxygen atoms in total. The van der Waals surface area contributed by atoms with Gasteiger partial charge in [-0.1, -0.05) is 12.1 Å². The number of aryl methyl sites for hydroxylation is 1. The lowest BCUT2D eigenvalue weighted by molar-refractivity contribution is 0.0639. The number of aromatic amines is 1. The Morgan fingerprint density at radius 1 is 1.12 bits per heavy atom. The quantitative estimate of drug-likeness (QED) is 0.655.